The fraction of sp³-hybridized carbons (Fsp3) is 0.500. The molecule has 1 aromatic heterocycles. The molecule has 1 fully saturated rings. The van der Waals surface area contributed by atoms with Crippen molar-refractivity contribution in [2.75, 3.05) is 44.7 Å². The van der Waals surface area contributed by atoms with Gasteiger partial charge in [-0.05, 0) is 31.2 Å². The molecule has 0 aliphatic carbocycles. The quantitative estimate of drug-likeness (QED) is 0.395. The Morgan fingerprint density at radius 2 is 1.89 bits per heavy atom. The van der Waals surface area contributed by atoms with Gasteiger partial charge in [0, 0.05) is 45.5 Å². The second-order valence-electron chi connectivity index (χ2n) is 6.20. The Morgan fingerprint density at radius 1 is 1.19 bits per heavy atom. The van der Waals surface area contributed by atoms with Crippen LogP contribution in [-0.2, 0) is 13.6 Å². The Labute approximate surface area is 177 Å². The van der Waals surface area contributed by atoms with Gasteiger partial charge in [0.05, 0.1) is 7.11 Å². The maximum absolute atomic E-state index is 5.24. The number of aliphatic imine (C=N–C) groups is 1. The molecule has 1 N–H and O–H groups in total. The van der Waals surface area contributed by atoms with Gasteiger partial charge in [-0.25, -0.2) is 4.99 Å². The zero-order valence-corrected chi connectivity index (χ0v) is 18.5. The molecule has 27 heavy (non-hydrogen) atoms. The lowest BCUT2D eigenvalue weighted by Crippen LogP contribution is -2.52. The highest BCUT2D eigenvalue weighted by molar-refractivity contribution is 14.0. The molecule has 1 saturated heterocycles. The highest BCUT2D eigenvalue weighted by Gasteiger charge is 2.20. The van der Waals surface area contributed by atoms with Crippen molar-refractivity contribution in [2.24, 2.45) is 12.0 Å². The average molecular weight is 485 g/mol. The summed E-state index contributed by atoms with van der Waals surface area (Å²) >= 11 is 0. The number of nitrogens with zero attached hydrogens (tertiary/aromatic N) is 6. The number of piperazine rings is 1. The first-order valence-electron chi connectivity index (χ1n) is 8.96. The predicted molar refractivity (Wildman–Crippen MR) is 118 cm³/mol. The van der Waals surface area contributed by atoms with Crippen LogP contribution >= 0.6 is 24.0 Å². The van der Waals surface area contributed by atoms with E-state index < -0.39 is 0 Å². The lowest BCUT2D eigenvalue weighted by atomic mass is 10.2. The molecule has 0 spiro atoms. The topological polar surface area (TPSA) is 70.8 Å². The van der Waals surface area contributed by atoms with Crippen molar-refractivity contribution in [3.05, 3.63) is 36.4 Å². The number of hydrogen-bond acceptors (Lipinski definition) is 5. The van der Waals surface area contributed by atoms with E-state index in [1.54, 1.807) is 13.4 Å². The number of guanidine groups is 1. The van der Waals surface area contributed by atoms with Gasteiger partial charge in [-0.2, -0.15) is 0 Å². The monoisotopic (exact) mass is 485 g/mol. The standard InChI is InChI=1S/C18H27N7O.HI/c1-4-19-18(20-13-17-22-21-14-23(17)2)25-11-9-24(10-12-25)15-5-7-16(26-3)8-6-15;/h5-8,14H,4,9-13H2,1-3H3,(H,19,20);1H. The number of rotatable bonds is 5. The Morgan fingerprint density at radius 3 is 2.44 bits per heavy atom. The average Bonchev–Trinajstić information content (AvgIpc) is 3.10. The summed E-state index contributed by atoms with van der Waals surface area (Å²) in [6.07, 6.45) is 1.70. The van der Waals surface area contributed by atoms with Crippen LogP contribution in [0.3, 0.4) is 0 Å². The first-order valence-corrected chi connectivity index (χ1v) is 8.96. The minimum atomic E-state index is 0. The molecule has 3 rings (SSSR count). The molecule has 0 saturated carbocycles. The Kier molecular flexibility index (Phi) is 8.14. The van der Waals surface area contributed by atoms with Crippen molar-refractivity contribution in [2.45, 2.75) is 13.5 Å². The Balaban J connectivity index is 0.00000261. The molecule has 0 atom stereocenters. The number of nitrogens with one attached hydrogen (secondary N) is 1. The maximum atomic E-state index is 5.24. The fourth-order valence-corrected chi connectivity index (χ4v) is 2.99. The minimum absolute atomic E-state index is 0. The summed E-state index contributed by atoms with van der Waals surface area (Å²) in [4.78, 5) is 9.43. The minimum Gasteiger partial charge on any atom is -0.497 e. The molecule has 148 valence electrons. The van der Waals surface area contributed by atoms with Crippen molar-refractivity contribution < 1.29 is 4.74 Å². The molecule has 9 heteroatoms. The summed E-state index contributed by atoms with van der Waals surface area (Å²) in [6, 6.07) is 8.24. The first kappa shape index (κ1) is 21.3. The van der Waals surface area contributed by atoms with Gasteiger partial charge < -0.3 is 24.4 Å². The number of hydrogen-bond donors (Lipinski definition) is 1. The summed E-state index contributed by atoms with van der Waals surface area (Å²) in [7, 11) is 3.63. The van der Waals surface area contributed by atoms with Gasteiger partial charge >= 0.3 is 0 Å². The van der Waals surface area contributed by atoms with Gasteiger partial charge in [0.15, 0.2) is 11.8 Å². The van der Waals surface area contributed by atoms with Gasteiger partial charge in [-0.3, -0.25) is 0 Å². The smallest absolute Gasteiger partial charge is 0.194 e. The predicted octanol–water partition coefficient (Wildman–Crippen LogP) is 1.73. The zero-order valence-electron chi connectivity index (χ0n) is 16.1. The number of anilines is 1. The van der Waals surface area contributed by atoms with Crippen LogP contribution in [0.5, 0.6) is 5.75 Å². The second kappa shape index (κ2) is 10.3. The normalized spacial score (nSPS) is 14.7. The van der Waals surface area contributed by atoms with Crippen molar-refractivity contribution in [3.8, 4) is 5.75 Å². The van der Waals surface area contributed by atoms with E-state index in [0.29, 0.717) is 6.54 Å². The summed E-state index contributed by atoms with van der Waals surface area (Å²) in [5.74, 6) is 2.68. The van der Waals surface area contributed by atoms with Gasteiger partial charge in [0.2, 0.25) is 0 Å². The van der Waals surface area contributed by atoms with E-state index in [9.17, 15) is 0 Å². The van der Waals surface area contributed by atoms with Crippen LogP contribution in [0.2, 0.25) is 0 Å². The van der Waals surface area contributed by atoms with Crippen LogP contribution in [0, 0.1) is 0 Å². The number of methoxy groups -OCH3 is 1. The summed E-state index contributed by atoms with van der Waals surface area (Å²) in [5.41, 5.74) is 1.23. The van der Waals surface area contributed by atoms with Crippen LogP contribution in [0.4, 0.5) is 5.69 Å². The summed E-state index contributed by atoms with van der Waals surface area (Å²) in [6.45, 7) is 7.23. The first-order chi connectivity index (χ1) is 12.7. The van der Waals surface area contributed by atoms with Crippen LogP contribution in [0.25, 0.3) is 0 Å². The molecule has 0 amide bonds. The summed E-state index contributed by atoms with van der Waals surface area (Å²) in [5, 5.41) is 11.4. The van der Waals surface area contributed by atoms with Crippen LogP contribution in [0.15, 0.2) is 35.6 Å². The molecule has 8 nitrogen and oxygen atoms in total. The van der Waals surface area contributed by atoms with E-state index in [1.165, 1.54) is 5.69 Å². The molecular formula is C18H28IN7O. The largest absolute Gasteiger partial charge is 0.497 e. The zero-order chi connectivity index (χ0) is 18.4. The van der Waals surface area contributed by atoms with E-state index in [2.05, 4.69) is 44.4 Å². The molecule has 2 aromatic rings. The molecule has 2 heterocycles. The Bertz CT molecular complexity index is 724. The molecule has 0 bridgehead atoms. The van der Waals surface area contributed by atoms with E-state index >= 15 is 0 Å². The van der Waals surface area contributed by atoms with E-state index in [0.717, 1.165) is 50.3 Å². The highest BCUT2D eigenvalue weighted by Crippen LogP contribution is 2.20. The number of halogens is 1. The van der Waals surface area contributed by atoms with Crippen molar-refractivity contribution in [1.82, 2.24) is 25.0 Å². The maximum Gasteiger partial charge on any atom is 0.194 e. The lowest BCUT2D eigenvalue weighted by molar-refractivity contribution is 0.372. The Hall–Kier alpha value is -2.04. The third kappa shape index (κ3) is 5.47. The molecule has 1 aliphatic rings. The van der Waals surface area contributed by atoms with Crippen LogP contribution in [0.1, 0.15) is 12.7 Å². The number of aryl methyl sites for hydroxylation is 1. The molecule has 0 radical (unpaired) electrons. The molecular weight excluding hydrogens is 457 g/mol. The van der Waals surface area contributed by atoms with Crippen LogP contribution in [-0.4, -0.2) is 65.5 Å². The fourth-order valence-electron chi connectivity index (χ4n) is 2.99. The van der Waals surface area contributed by atoms with Crippen molar-refractivity contribution in [1.29, 1.82) is 0 Å². The molecule has 0 unspecified atom stereocenters. The lowest BCUT2D eigenvalue weighted by Gasteiger charge is -2.37. The molecule has 1 aromatic carbocycles. The van der Waals surface area contributed by atoms with Gasteiger partial charge in [0.1, 0.15) is 18.6 Å². The van der Waals surface area contributed by atoms with E-state index in [-0.39, 0.29) is 24.0 Å². The van der Waals surface area contributed by atoms with Gasteiger partial charge in [-0.1, -0.05) is 0 Å². The third-order valence-corrected chi connectivity index (χ3v) is 4.53. The third-order valence-electron chi connectivity index (χ3n) is 4.53. The number of benzene rings is 1. The summed E-state index contributed by atoms with van der Waals surface area (Å²) < 4.78 is 7.13. The van der Waals surface area contributed by atoms with E-state index in [4.69, 9.17) is 9.73 Å². The second-order valence-corrected chi connectivity index (χ2v) is 6.20. The van der Waals surface area contributed by atoms with Crippen LogP contribution < -0.4 is 15.0 Å². The number of ether oxygens (including phenoxy) is 1. The molecule has 1 aliphatic heterocycles. The number of aromatic nitrogens is 3. The van der Waals surface area contributed by atoms with Crippen molar-refractivity contribution >= 4 is 35.6 Å². The van der Waals surface area contributed by atoms with Gasteiger partial charge in [0.25, 0.3) is 0 Å². The SMILES string of the molecule is CCNC(=NCc1nncn1C)N1CCN(c2ccc(OC)cc2)CC1.I. The van der Waals surface area contributed by atoms with E-state index in [1.807, 2.05) is 23.7 Å². The highest BCUT2D eigenvalue weighted by atomic mass is 127. The van der Waals surface area contributed by atoms with Crippen molar-refractivity contribution in [3.63, 3.8) is 0 Å². The van der Waals surface area contributed by atoms with Gasteiger partial charge in [-0.15, -0.1) is 34.2 Å².